The smallest absolute Gasteiger partial charge is 0.206 e. The number of aliphatic imine (C=N–C) groups is 1. The summed E-state index contributed by atoms with van der Waals surface area (Å²) < 4.78 is 0. The number of guanidine groups is 1. The monoisotopic (exact) mass is 212 g/mol. The lowest BCUT2D eigenvalue weighted by atomic mass is 10.3. The van der Waals surface area contributed by atoms with E-state index in [2.05, 4.69) is 34.1 Å². The highest BCUT2D eigenvalue weighted by Crippen LogP contribution is 2.06. The minimum atomic E-state index is 0.651. The second kappa shape index (κ2) is 6.39. The van der Waals surface area contributed by atoms with Gasteiger partial charge in [-0.05, 0) is 28.8 Å². The summed E-state index contributed by atoms with van der Waals surface area (Å²) in [5.41, 5.74) is 3.75. The third kappa shape index (κ3) is 3.76. The maximum Gasteiger partial charge on any atom is 0.206 e. The van der Waals surface area contributed by atoms with Gasteiger partial charge in [-0.3, -0.25) is 5.43 Å². The first-order valence-electron chi connectivity index (χ1n) is 4.62. The first-order chi connectivity index (χ1) is 6.86. The van der Waals surface area contributed by atoms with E-state index in [1.54, 1.807) is 11.3 Å². The number of rotatable bonds is 4. The molecule has 0 aromatic carbocycles. The zero-order valence-corrected chi connectivity index (χ0v) is 9.10. The summed E-state index contributed by atoms with van der Waals surface area (Å²) in [4.78, 5) is 4.30. The predicted molar refractivity (Wildman–Crippen MR) is 61.1 cm³/mol. The molecule has 78 valence electrons. The Hall–Kier alpha value is -1.07. The van der Waals surface area contributed by atoms with E-state index in [1.807, 2.05) is 5.38 Å². The van der Waals surface area contributed by atoms with Crippen molar-refractivity contribution >= 4 is 17.3 Å². The van der Waals surface area contributed by atoms with Crippen LogP contribution in [0.1, 0.15) is 18.9 Å². The van der Waals surface area contributed by atoms with Gasteiger partial charge in [-0.1, -0.05) is 6.92 Å². The zero-order chi connectivity index (χ0) is 10.2. The van der Waals surface area contributed by atoms with Crippen LogP contribution in [0.2, 0.25) is 0 Å². The van der Waals surface area contributed by atoms with Crippen LogP contribution in [0.4, 0.5) is 0 Å². The SMILES string of the molecule is CCCNC(=NCc1ccsc1)NN. The number of nitrogens with one attached hydrogen (secondary N) is 2. The first kappa shape index (κ1) is 11.0. The van der Waals surface area contributed by atoms with Crippen LogP contribution in [0.25, 0.3) is 0 Å². The molecule has 1 rings (SSSR count). The zero-order valence-electron chi connectivity index (χ0n) is 8.29. The Morgan fingerprint density at radius 2 is 2.50 bits per heavy atom. The number of nitrogens with zero attached hydrogens (tertiary/aromatic N) is 1. The van der Waals surface area contributed by atoms with Crippen molar-refractivity contribution in [1.82, 2.24) is 10.7 Å². The Morgan fingerprint density at radius 3 is 3.07 bits per heavy atom. The molecule has 1 aromatic heterocycles. The molecular weight excluding hydrogens is 196 g/mol. The van der Waals surface area contributed by atoms with E-state index in [9.17, 15) is 0 Å². The summed E-state index contributed by atoms with van der Waals surface area (Å²) in [6.07, 6.45) is 1.05. The van der Waals surface area contributed by atoms with Crippen LogP contribution in [-0.4, -0.2) is 12.5 Å². The van der Waals surface area contributed by atoms with Gasteiger partial charge in [-0.2, -0.15) is 11.3 Å². The van der Waals surface area contributed by atoms with E-state index in [-0.39, 0.29) is 0 Å². The third-order valence-corrected chi connectivity index (χ3v) is 2.41. The van der Waals surface area contributed by atoms with Gasteiger partial charge in [-0.25, -0.2) is 10.8 Å². The fourth-order valence-electron chi connectivity index (χ4n) is 0.949. The highest BCUT2D eigenvalue weighted by molar-refractivity contribution is 7.07. The normalized spacial score (nSPS) is 11.4. The Labute approximate surface area is 88.2 Å². The minimum Gasteiger partial charge on any atom is -0.355 e. The van der Waals surface area contributed by atoms with Crippen LogP contribution in [0.3, 0.4) is 0 Å². The largest absolute Gasteiger partial charge is 0.355 e. The van der Waals surface area contributed by atoms with Crippen LogP contribution in [-0.2, 0) is 6.54 Å². The molecule has 14 heavy (non-hydrogen) atoms. The number of hydrogen-bond donors (Lipinski definition) is 3. The molecule has 0 unspecified atom stereocenters. The molecule has 4 N–H and O–H groups in total. The van der Waals surface area contributed by atoms with Gasteiger partial charge in [0.05, 0.1) is 6.54 Å². The van der Waals surface area contributed by atoms with Crippen molar-refractivity contribution in [2.75, 3.05) is 6.54 Å². The molecule has 1 heterocycles. The Morgan fingerprint density at radius 1 is 1.64 bits per heavy atom. The molecular formula is C9H16N4S. The van der Waals surface area contributed by atoms with Gasteiger partial charge < -0.3 is 5.32 Å². The Balaban J connectivity index is 2.39. The van der Waals surface area contributed by atoms with Gasteiger partial charge in [0.15, 0.2) is 0 Å². The second-order valence-electron chi connectivity index (χ2n) is 2.87. The van der Waals surface area contributed by atoms with Gasteiger partial charge in [-0.15, -0.1) is 0 Å². The molecule has 0 spiro atoms. The van der Waals surface area contributed by atoms with Crippen molar-refractivity contribution in [2.24, 2.45) is 10.8 Å². The molecule has 0 saturated heterocycles. The molecule has 0 fully saturated rings. The van der Waals surface area contributed by atoms with E-state index < -0.39 is 0 Å². The summed E-state index contributed by atoms with van der Waals surface area (Å²) >= 11 is 1.68. The summed E-state index contributed by atoms with van der Waals surface area (Å²) in [7, 11) is 0. The standard InChI is InChI=1S/C9H16N4S/c1-2-4-11-9(13-10)12-6-8-3-5-14-7-8/h3,5,7H,2,4,6,10H2,1H3,(H2,11,12,13). The molecule has 1 aromatic rings. The Kier molecular flexibility index (Phi) is 5.03. The average molecular weight is 212 g/mol. The molecule has 5 heteroatoms. The lowest BCUT2D eigenvalue weighted by molar-refractivity contribution is 0.791. The minimum absolute atomic E-state index is 0.651. The Bertz CT molecular complexity index is 268. The van der Waals surface area contributed by atoms with Crippen molar-refractivity contribution in [2.45, 2.75) is 19.9 Å². The first-order valence-corrected chi connectivity index (χ1v) is 5.57. The summed E-state index contributed by atoms with van der Waals surface area (Å²) in [6, 6.07) is 2.06. The summed E-state index contributed by atoms with van der Waals surface area (Å²) in [5.74, 6) is 5.96. The molecule has 0 aliphatic rings. The predicted octanol–water partition coefficient (Wildman–Crippen LogP) is 1.07. The fraction of sp³-hybridized carbons (Fsp3) is 0.444. The molecule has 0 aliphatic heterocycles. The van der Waals surface area contributed by atoms with E-state index in [1.165, 1.54) is 5.56 Å². The molecule has 0 amide bonds. The van der Waals surface area contributed by atoms with Crippen molar-refractivity contribution in [3.8, 4) is 0 Å². The van der Waals surface area contributed by atoms with Crippen LogP contribution in [0, 0.1) is 0 Å². The van der Waals surface area contributed by atoms with Crippen molar-refractivity contribution in [3.63, 3.8) is 0 Å². The second-order valence-corrected chi connectivity index (χ2v) is 3.65. The summed E-state index contributed by atoms with van der Waals surface area (Å²) in [5, 5.41) is 7.22. The highest BCUT2D eigenvalue weighted by Gasteiger charge is 1.94. The van der Waals surface area contributed by atoms with Crippen LogP contribution >= 0.6 is 11.3 Å². The number of hydrogen-bond acceptors (Lipinski definition) is 3. The van der Waals surface area contributed by atoms with E-state index in [0.29, 0.717) is 12.5 Å². The maximum absolute atomic E-state index is 5.31. The fourth-order valence-corrected chi connectivity index (χ4v) is 1.61. The third-order valence-electron chi connectivity index (χ3n) is 1.68. The molecule has 0 bridgehead atoms. The number of thiophene rings is 1. The van der Waals surface area contributed by atoms with Crippen LogP contribution in [0.5, 0.6) is 0 Å². The van der Waals surface area contributed by atoms with E-state index in [4.69, 9.17) is 5.84 Å². The lowest BCUT2D eigenvalue weighted by Gasteiger charge is -2.06. The number of nitrogens with two attached hydrogens (primary N) is 1. The maximum atomic E-state index is 5.31. The molecule has 0 radical (unpaired) electrons. The van der Waals surface area contributed by atoms with Crippen molar-refractivity contribution in [3.05, 3.63) is 22.4 Å². The summed E-state index contributed by atoms with van der Waals surface area (Å²) in [6.45, 7) is 3.65. The lowest BCUT2D eigenvalue weighted by Crippen LogP contribution is -2.41. The molecule has 0 atom stereocenters. The van der Waals surface area contributed by atoms with Crippen molar-refractivity contribution in [1.29, 1.82) is 0 Å². The van der Waals surface area contributed by atoms with Crippen LogP contribution < -0.4 is 16.6 Å². The molecule has 0 aliphatic carbocycles. The van der Waals surface area contributed by atoms with Gasteiger partial charge in [0.1, 0.15) is 0 Å². The van der Waals surface area contributed by atoms with E-state index in [0.717, 1.165) is 13.0 Å². The quantitative estimate of drug-likeness (QED) is 0.303. The van der Waals surface area contributed by atoms with Gasteiger partial charge >= 0.3 is 0 Å². The topological polar surface area (TPSA) is 62.4 Å². The van der Waals surface area contributed by atoms with Gasteiger partial charge in [0.25, 0.3) is 0 Å². The molecule has 0 saturated carbocycles. The molecule has 4 nitrogen and oxygen atoms in total. The number of hydrazine groups is 1. The van der Waals surface area contributed by atoms with E-state index >= 15 is 0 Å². The highest BCUT2D eigenvalue weighted by atomic mass is 32.1. The van der Waals surface area contributed by atoms with Crippen LogP contribution in [0.15, 0.2) is 21.8 Å². The van der Waals surface area contributed by atoms with Crippen molar-refractivity contribution < 1.29 is 0 Å². The average Bonchev–Trinajstić information content (AvgIpc) is 2.71. The van der Waals surface area contributed by atoms with Gasteiger partial charge in [0.2, 0.25) is 5.96 Å². The van der Waals surface area contributed by atoms with Gasteiger partial charge in [0, 0.05) is 6.54 Å².